The summed E-state index contributed by atoms with van der Waals surface area (Å²) < 4.78 is 11.0. The van der Waals surface area contributed by atoms with E-state index in [4.69, 9.17) is 9.47 Å². The Morgan fingerprint density at radius 3 is 2.62 bits per heavy atom. The third-order valence-corrected chi connectivity index (χ3v) is 3.48. The largest absolute Gasteiger partial charge is 0.497 e. The van der Waals surface area contributed by atoms with Crippen molar-refractivity contribution in [2.24, 2.45) is 0 Å². The van der Waals surface area contributed by atoms with Gasteiger partial charge in [-0.05, 0) is 37.9 Å². The van der Waals surface area contributed by atoms with Crippen molar-refractivity contribution in [1.29, 1.82) is 0 Å². The minimum atomic E-state index is -0.518. The SMILES string of the molecule is COc1cccc(/C=C/c2ccccc2OC[C@H](O)CN(C)C)c1. The topological polar surface area (TPSA) is 41.9 Å². The van der Waals surface area contributed by atoms with Crippen molar-refractivity contribution in [3.05, 3.63) is 59.7 Å². The number of aliphatic hydroxyl groups is 1. The third kappa shape index (κ3) is 5.72. The molecule has 2 aromatic carbocycles. The molecule has 2 rings (SSSR count). The first-order chi connectivity index (χ1) is 11.6. The molecule has 0 aliphatic heterocycles. The second kappa shape index (κ2) is 9.11. The van der Waals surface area contributed by atoms with Crippen LogP contribution in [0.1, 0.15) is 11.1 Å². The number of methoxy groups -OCH3 is 1. The van der Waals surface area contributed by atoms with Gasteiger partial charge in [0.25, 0.3) is 0 Å². The summed E-state index contributed by atoms with van der Waals surface area (Å²) in [5.74, 6) is 1.59. The van der Waals surface area contributed by atoms with E-state index in [-0.39, 0.29) is 6.61 Å². The molecule has 0 heterocycles. The molecular weight excluding hydrogens is 302 g/mol. The molecule has 0 unspecified atom stereocenters. The summed E-state index contributed by atoms with van der Waals surface area (Å²) in [7, 11) is 5.51. The first kappa shape index (κ1) is 18.0. The lowest BCUT2D eigenvalue weighted by molar-refractivity contribution is 0.0830. The summed E-state index contributed by atoms with van der Waals surface area (Å²) in [4.78, 5) is 1.93. The standard InChI is InChI=1S/C20H25NO3/c1-21(2)14-18(22)15-24-20-10-5-4-8-17(20)12-11-16-7-6-9-19(13-16)23-3/h4-13,18,22H,14-15H2,1-3H3/b12-11+/t18-/m1/s1. The second-order valence-electron chi connectivity index (χ2n) is 5.87. The zero-order valence-electron chi connectivity index (χ0n) is 14.5. The summed E-state index contributed by atoms with van der Waals surface area (Å²) in [6, 6.07) is 15.7. The van der Waals surface area contributed by atoms with E-state index in [0.717, 1.165) is 22.6 Å². The van der Waals surface area contributed by atoms with Crippen LogP contribution >= 0.6 is 0 Å². The summed E-state index contributed by atoms with van der Waals surface area (Å²) >= 11 is 0. The van der Waals surface area contributed by atoms with Crippen molar-refractivity contribution >= 4 is 12.2 Å². The minimum Gasteiger partial charge on any atom is -0.497 e. The van der Waals surface area contributed by atoms with Crippen LogP contribution in [0, 0.1) is 0 Å². The van der Waals surface area contributed by atoms with E-state index in [1.165, 1.54) is 0 Å². The number of ether oxygens (including phenoxy) is 2. The van der Waals surface area contributed by atoms with Crippen LogP contribution in [0.25, 0.3) is 12.2 Å². The first-order valence-corrected chi connectivity index (χ1v) is 7.95. The van der Waals surface area contributed by atoms with Crippen LogP contribution in [0.15, 0.2) is 48.5 Å². The van der Waals surface area contributed by atoms with Crippen molar-refractivity contribution in [3.8, 4) is 11.5 Å². The smallest absolute Gasteiger partial charge is 0.126 e. The van der Waals surface area contributed by atoms with Gasteiger partial charge in [0.15, 0.2) is 0 Å². The van der Waals surface area contributed by atoms with Gasteiger partial charge < -0.3 is 19.5 Å². The molecule has 0 aliphatic rings. The molecule has 0 fully saturated rings. The van der Waals surface area contributed by atoms with Crippen molar-refractivity contribution < 1.29 is 14.6 Å². The molecule has 0 spiro atoms. The molecule has 0 amide bonds. The van der Waals surface area contributed by atoms with Gasteiger partial charge in [0.1, 0.15) is 24.2 Å². The Balaban J connectivity index is 2.06. The predicted molar refractivity (Wildman–Crippen MR) is 98.4 cm³/mol. The van der Waals surface area contributed by atoms with Crippen molar-refractivity contribution in [2.45, 2.75) is 6.10 Å². The number of benzene rings is 2. The average Bonchev–Trinajstić information content (AvgIpc) is 2.58. The van der Waals surface area contributed by atoms with E-state index in [1.54, 1.807) is 7.11 Å². The van der Waals surface area contributed by atoms with Crippen molar-refractivity contribution in [2.75, 3.05) is 34.4 Å². The summed E-state index contributed by atoms with van der Waals surface area (Å²) in [6.07, 6.45) is 3.50. The molecule has 128 valence electrons. The Bertz CT molecular complexity index is 667. The Hall–Kier alpha value is -2.30. The highest BCUT2D eigenvalue weighted by molar-refractivity contribution is 5.72. The van der Waals surface area contributed by atoms with Crippen LogP contribution < -0.4 is 9.47 Å². The Labute approximate surface area is 143 Å². The lowest BCUT2D eigenvalue weighted by Crippen LogP contribution is -2.30. The minimum absolute atomic E-state index is 0.266. The lowest BCUT2D eigenvalue weighted by atomic mass is 10.1. The molecular formula is C20H25NO3. The van der Waals surface area contributed by atoms with Crippen LogP contribution in [0.3, 0.4) is 0 Å². The van der Waals surface area contributed by atoms with Gasteiger partial charge in [-0.3, -0.25) is 0 Å². The first-order valence-electron chi connectivity index (χ1n) is 7.95. The fraction of sp³-hybridized carbons (Fsp3) is 0.300. The average molecular weight is 327 g/mol. The summed E-state index contributed by atoms with van der Waals surface area (Å²) in [5.41, 5.74) is 2.02. The maximum Gasteiger partial charge on any atom is 0.126 e. The zero-order valence-corrected chi connectivity index (χ0v) is 14.5. The van der Waals surface area contributed by atoms with Crippen LogP contribution in [-0.2, 0) is 0 Å². The van der Waals surface area contributed by atoms with Gasteiger partial charge in [-0.1, -0.05) is 42.5 Å². The monoisotopic (exact) mass is 327 g/mol. The fourth-order valence-corrected chi connectivity index (χ4v) is 2.34. The zero-order chi connectivity index (χ0) is 17.4. The number of aliphatic hydroxyl groups excluding tert-OH is 1. The van der Waals surface area contributed by atoms with Gasteiger partial charge in [-0.15, -0.1) is 0 Å². The Kier molecular flexibility index (Phi) is 6.85. The summed E-state index contributed by atoms with van der Waals surface area (Å²) in [5, 5.41) is 9.94. The molecule has 1 N–H and O–H groups in total. The van der Waals surface area contributed by atoms with Gasteiger partial charge >= 0.3 is 0 Å². The Morgan fingerprint density at radius 2 is 1.88 bits per heavy atom. The number of hydrogen-bond acceptors (Lipinski definition) is 4. The molecule has 0 saturated heterocycles. The van der Waals surface area contributed by atoms with Crippen molar-refractivity contribution in [1.82, 2.24) is 4.90 Å². The molecule has 4 nitrogen and oxygen atoms in total. The van der Waals surface area contributed by atoms with Crippen LogP contribution in [0.2, 0.25) is 0 Å². The molecule has 0 bridgehead atoms. The fourth-order valence-electron chi connectivity index (χ4n) is 2.34. The van der Waals surface area contributed by atoms with E-state index in [9.17, 15) is 5.11 Å². The molecule has 2 aromatic rings. The number of hydrogen-bond donors (Lipinski definition) is 1. The van der Waals surface area contributed by atoms with Gasteiger partial charge in [0.05, 0.1) is 7.11 Å². The molecule has 0 aromatic heterocycles. The quantitative estimate of drug-likeness (QED) is 0.756. The maximum atomic E-state index is 9.94. The number of rotatable bonds is 8. The van der Waals surface area contributed by atoms with Crippen LogP contribution in [0.5, 0.6) is 11.5 Å². The van der Waals surface area contributed by atoms with E-state index in [2.05, 4.69) is 0 Å². The molecule has 0 saturated carbocycles. The van der Waals surface area contributed by atoms with E-state index < -0.39 is 6.10 Å². The lowest BCUT2D eigenvalue weighted by Gasteiger charge is -2.17. The van der Waals surface area contributed by atoms with Crippen molar-refractivity contribution in [3.63, 3.8) is 0 Å². The van der Waals surface area contributed by atoms with Gasteiger partial charge in [0, 0.05) is 12.1 Å². The van der Waals surface area contributed by atoms with Gasteiger partial charge in [-0.25, -0.2) is 0 Å². The van der Waals surface area contributed by atoms with Gasteiger partial charge in [0.2, 0.25) is 0 Å². The number of likely N-dealkylation sites (N-methyl/N-ethyl adjacent to an activating group) is 1. The molecule has 1 atom stereocenters. The van der Waals surface area contributed by atoms with E-state index in [1.807, 2.05) is 79.7 Å². The molecule has 0 radical (unpaired) electrons. The molecule has 0 aliphatic carbocycles. The maximum absolute atomic E-state index is 9.94. The highest BCUT2D eigenvalue weighted by Gasteiger charge is 2.08. The highest BCUT2D eigenvalue weighted by atomic mass is 16.5. The van der Waals surface area contributed by atoms with E-state index >= 15 is 0 Å². The highest BCUT2D eigenvalue weighted by Crippen LogP contribution is 2.22. The van der Waals surface area contributed by atoms with Crippen LogP contribution in [-0.4, -0.2) is 50.5 Å². The molecule has 24 heavy (non-hydrogen) atoms. The van der Waals surface area contributed by atoms with E-state index in [0.29, 0.717) is 6.54 Å². The Morgan fingerprint density at radius 1 is 1.08 bits per heavy atom. The van der Waals surface area contributed by atoms with Gasteiger partial charge in [-0.2, -0.15) is 0 Å². The summed E-state index contributed by atoms with van der Waals surface area (Å²) in [6.45, 7) is 0.837. The van der Waals surface area contributed by atoms with Crippen LogP contribution in [0.4, 0.5) is 0 Å². The predicted octanol–water partition coefficient (Wildman–Crippen LogP) is 3.17. The normalized spacial score (nSPS) is 12.5. The number of para-hydroxylation sites is 1. The number of nitrogens with zero attached hydrogens (tertiary/aromatic N) is 1. The second-order valence-corrected chi connectivity index (χ2v) is 5.87. The molecule has 4 heteroatoms. The third-order valence-electron chi connectivity index (χ3n) is 3.48.